The molecule has 2 aliphatic carbocycles. The highest BCUT2D eigenvalue weighted by molar-refractivity contribution is 5.60. The van der Waals surface area contributed by atoms with E-state index in [0.717, 1.165) is 37.2 Å². The number of nitrogens with zero attached hydrogens (tertiary/aromatic N) is 1. The maximum Gasteiger partial charge on any atom is 0.137 e. The summed E-state index contributed by atoms with van der Waals surface area (Å²) < 4.78 is 6.33. The number of aliphatic hydroxyl groups is 2. The molecule has 2 bridgehead atoms. The summed E-state index contributed by atoms with van der Waals surface area (Å²) in [7, 11) is 0. The summed E-state index contributed by atoms with van der Waals surface area (Å²) in [5.74, 6) is 0.924. The van der Waals surface area contributed by atoms with Gasteiger partial charge in [-0.15, -0.1) is 6.58 Å². The third-order valence-corrected chi connectivity index (χ3v) is 7.12. The molecule has 1 saturated carbocycles. The zero-order chi connectivity index (χ0) is 16.7. The van der Waals surface area contributed by atoms with Gasteiger partial charge in [-0.1, -0.05) is 18.2 Å². The number of hydrogen-bond donors (Lipinski definition) is 2. The molecule has 1 unspecified atom stereocenters. The number of piperidine rings is 1. The molecule has 1 aromatic rings. The zero-order valence-electron chi connectivity index (χ0n) is 14.2. The molecule has 2 fully saturated rings. The van der Waals surface area contributed by atoms with Gasteiger partial charge in [0.25, 0.3) is 0 Å². The highest BCUT2D eigenvalue weighted by atomic mass is 16.5. The Balaban J connectivity index is 1.78. The Morgan fingerprint density at radius 3 is 3.04 bits per heavy atom. The Kier molecular flexibility index (Phi) is 2.88. The summed E-state index contributed by atoms with van der Waals surface area (Å²) in [6, 6.07) is 4.39. The molecule has 24 heavy (non-hydrogen) atoms. The lowest BCUT2D eigenvalue weighted by atomic mass is 9.48. The number of aryl methyl sites for hydroxylation is 1. The van der Waals surface area contributed by atoms with E-state index in [1.807, 2.05) is 6.08 Å². The standard InChI is InChI=1S/C20H25NO3/c1-3-9-21-10-8-19-16-13-5-4-12(2)17(16)24-18(19)14(22)6-7-20(19,23)15(21)11-13/h3-5,14-15,18,22-23H,1,6-11H2,2H3/t14-,15-,18?,19+,20-/m0/s1. The molecule has 2 heterocycles. The van der Waals surface area contributed by atoms with E-state index in [-0.39, 0.29) is 12.1 Å². The predicted octanol–water partition coefficient (Wildman–Crippen LogP) is 1.70. The minimum atomic E-state index is -0.829. The van der Waals surface area contributed by atoms with Crippen LogP contribution >= 0.6 is 0 Å². The first-order chi connectivity index (χ1) is 11.5. The SMILES string of the molecule is C=CCN1CC[C@@]23c4c5ccc(C)c4OC2[C@@H](O)CC[C@]3(O)[C@@H]1C5. The van der Waals surface area contributed by atoms with E-state index in [0.29, 0.717) is 12.8 Å². The van der Waals surface area contributed by atoms with Crippen molar-refractivity contribution in [2.75, 3.05) is 13.1 Å². The predicted molar refractivity (Wildman–Crippen MR) is 91.3 cm³/mol. The van der Waals surface area contributed by atoms with Crippen molar-refractivity contribution in [1.82, 2.24) is 4.90 Å². The van der Waals surface area contributed by atoms with Gasteiger partial charge in [0, 0.05) is 18.2 Å². The monoisotopic (exact) mass is 327 g/mol. The minimum absolute atomic E-state index is 0.0732. The molecule has 4 heteroatoms. The van der Waals surface area contributed by atoms with Crippen molar-refractivity contribution < 1.29 is 14.9 Å². The van der Waals surface area contributed by atoms with Gasteiger partial charge in [0.1, 0.15) is 11.9 Å². The molecule has 2 N–H and O–H groups in total. The second-order valence-corrected chi connectivity index (χ2v) is 8.04. The molecule has 1 aromatic carbocycles. The van der Waals surface area contributed by atoms with E-state index in [1.54, 1.807) is 0 Å². The largest absolute Gasteiger partial charge is 0.486 e. The Bertz CT molecular complexity index is 732. The van der Waals surface area contributed by atoms with E-state index in [4.69, 9.17) is 4.74 Å². The number of aliphatic hydroxyl groups excluding tert-OH is 1. The van der Waals surface area contributed by atoms with E-state index in [9.17, 15) is 10.2 Å². The number of rotatable bonds is 2. The summed E-state index contributed by atoms with van der Waals surface area (Å²) in [6.07, 6.45) is 4.02. The van der Waals surface area contributed by atoms with Crippen molar-refractivity contribution in [3.8, 4) is 5.75 Å². The molecule has 0 radical (unpaired) electrons. The van der Waals surface area contributed by atoms with Crippen molar-refractivity contribution in [3.63, 3.8) is 0 Å². The summed E-state index contributed by atoms with van der Waals surface area (Å²) in [4.78, 5) is 2.37. The molecule has 5 rings (SSSR count). The zero-order valence-corrected chi connectivity index (χ0v) is 14.2. The maximum atomic E-state index is 12.0. The molecule has 5 atom stereocenters. The Morgan fingerprint density at radius 2 is 2.25 bits per heavy atom. The third-order valence-electron chi connectivity index (χ3n) is 7.12. The smallest absolute Gasteiger partial charge is 0.137 e. The molecule has 1 spiro atoms. The third kappa shape index (κ3) is 1.47. The lowest BCUT2D eigenvalue weighted by Crippen LogP contribution is -2.77. The Hall–Kier alpha value is -1.36. The van der Waals surface area contributed by atoms with Crippen LogP contribution in [0, 0.1) is 6.92 Å². The molecule has 1 saturated heterocycles. The van der Waals surface area contributed by atoms with Gasteiger partial charge in [0.15, 0.2) is 0 Å². The molecular formula is C20H25NO3. The van der Waals surface area contributed by atoms with Gasteiger partial charge in [-0.05, 0) is 50.3 Å². The van der Waals surface area contributed by atoms with Crippen molar-refractivity contribution in [1.29, 1.82) is 0 Å². The van der Waals surface area contributed by atoms with Crippen LogP contribution in [-0.2, 0) is 11.8 Å². The first-order valence-corrected chi connectivity index (χ1v) is 9.08. The minimum Gasteiger partial charge on any atom is -0.486 e. The molecule has 2 aliphatic heterocycles. The van der Waals surface area contributed by atoms with Gasteiger partial charge in [-0.25, -0.2) is 0 Å². The summed E-state index contributed by atoms with van der Waals surface area (Å²) in [6.45, 7) is 7.67. The highest BCUT2D eigenvalue weighted by Crippen LogP contribution is 2.64. The van der Waals surface area contributed by atoms with Crippen LogP contribution in [0.5, 0.6) is 5.75 Å². The highest BCUT2D eigenvalue weighted by Gasteiger charge is 2.72. The Labute approximate surface area is 142 Å². The van der Waals surface area contributed by atoms with Crippen molar-refractivity contribution >= 4 is 0 Å². The quantitative estimate of drug-likeness (QED) is 0.812. The van der Waals surface area contributed by atoms with Crippen molar-refractivity contribution in [3.05, 3.63) is 41.5 Å². The van der Waals surface area contributed by atoms with Crippen LogP contribution in [0.1, 0.15) is 36.0 Å². The first-order valence-electron chi connectivity index (χ1n) is 9.08. The van der Waals surface area contributed by atoms with E-state index in [1.165, 1.54) is 11.1 Å². The molecule has 4 nitrogen and oxygen atoms in total. The molecule has 4 aliphatic rings. The lowest BCUT2D eigenvalue weighted by molar-refractivity contribution is -0.206. The van der Waals surface area contributed by atoms with Crippen LogP contribution in [-0.4, -0.2) is 52.1 Å². The van der Waals surface area contributed by atoms with Gasteiger partial charge in [-0.2, -0.15) is 0 Å². The fourth-order valence-electron chi connectivity index (χ4n) is 6.14. The summed E-state index contributed by atoms with van der Waals surface area (Å²) >= 11 is 0. The van der Waals surface area contributed by atoms with E-state index >= 15 is 0 Å². The fourth-order valence-corrected chi connectivity index (χ4v) is 6.14. The molecular weight excluding hydrogens is 302 g/mol. The van der Waals surface area contributed by atoms with Crippen LogP contribution in [0.3, 0.4) is 0 Å². The molecule has 0 amide bonds. The fraction of sp³-hybridized carbons (Fsp3) is 0.600. The van der Waals surface area contributed by atoms with Crippen LogP contribution in [0.4, 0.5) is 0 Å². The van der Waals surface area contributed by atoms with Gasteiger partial charge in [-0.3, -0.25) is 4.90 Å². The van der Waals surface area contributed by atoms with Crippen LogP contribution in [0.25, 0.3) is 0 Å². The molecule has 0 aromatic heterocycles. The summed E-state index contributed by atoms with van der Waals surface area (Å²) in [5, 5.41) is 22.7. The number of benzene rings is 1. The second kappa shape index (κ2) is 4.63. The number of hydrogen-bond acceptors (Lipinski definition) is 4. The number of ether oxygens (including phenoxy) is 1. The second-order valence-electron chi connectivity index (χ2n) is 8.04. The summed E-state index contributed by atoms with van der Waals surface area (Å²) in [5.41, 5.74) is 2.31. The van der Waals surface area contributed by atoms with Gasteiger partial charge >= 0.3 is 0 Å². The Morgan fingerprint density at radius 1 is 1.42 bits per heavy atom. The lowest BCUT2D eigenvalue weighted by Gasteiger charge is -2.63. The van der Waals surface area contributed by atoms with Gasteiger partial charge < -0.3 is 14.9 Å². The normalized spacial score (nSPS) is 42.4. The number of likely N-dealkylation sites (tertiary alicyclic amines) is 1. The van der Waals surface area contributed by atoms with Crippen LogP contribution < -0.4 is 4.74 Å². The average molecular weight is 327 g/mol. The average Bonchev–Trinajstić information content (AvgIpc) is 2.91. The van der Waals surface area contributed by atoms with Crippen molar-refractivity contribution in [2.24, 2.45) is 0 Å². The van der Waals surface area contributed by atoms with E-state index in [2.05, 4.69) is 30.5 Å². The van der Waals surface area contributed by atoms with Gasteiger partial charge in [0.2, 0.25) is 0 Å². The molecule has 128 valence electrons. The van der Waals surface area contributed by atoms with E-state index < -0.39 is 17.1 Å². The van der Waals surface area contributed by atoms with Crippen molar-refractivity contribution in [2.45, 2.75) is 61.9 Å². The van der Waals surface area contributed by atoms with Crippen LogP contribution in [0.15, 0.2) is 24.8 Å². The van der Waals surface area contributed by atoms with Crippen LogP contribution in [0.2, 0.25) is 0 Å². The topological polar surface area (TPSA) is 52.9 Å². The first kappa shape index (κ1) is 14.9. The maximum absolute atomic E-state index is 12.0. The van der Waals surface area contributed by atoms with Gasteiger partial charge in [0.05, 0.1) is 17.1 Å².